The molecule has 0 bridgehead atoms. The first-order valence-corrected chi connectivity index (χ1v) is 10.0. The molecule has 1 atom stereocenters. The lowest BCUT2D eigenvalue weighted by atomic mass is 10.1. The van der Waals surface area contributed by atoms with E-state index in [-0.39, 0.29) is 6.10 Å². The average Bonchev–Trinajstić information content (AvgIpc) is 3.24. The Morgan fingerprint density at radius 3 is 2.80 bits per heavy atom. The summed E-state index contributed by atoms with van der Waals surface area (Å²) in [5, 5.41) is 8.79. The van der Waals surface area contributed by atoms with E-state index in [1.165, 1.54) is 5.56 Å². The minimum absolute atomic E-state index is 0.0984. The van der Waals surface area contributed by atoms with Crippen LogP contribution in [0.25, 0.3) is 16.6 Å². The van der Waals surface area contributed by atoms with Crippen LogP contribution >= 0.6 is 0 Å². The highest BCUT2D eigenvalue weighted by molar-refractivity contribution is 5.65. The molecule has 4 heterocycles. The first-order valence-electron chi connectivity index (χ1n) is 10.0. The zero-order valence-corrected chi connectivity index (χ0v) is 16.8. The summed E-state index contributed by atoms with van der Waals surface area (Å²) in [7, 11) is 1.69. The van der Waals surface area contributed by atoms with Gasteiger partial charge in [-0.2, -0.15) is 0 Å². The number of aromatic nitrogens is 4. The third-order valence-corrected chi connectivity index (χ3v) is 5.46. The van der Waals surface area contributed by atoms with Gasteiger partial charge in [0.15, 0.2) is 0 Å². The van der Waals surface area contributed by atoms with E-state index in [4.69, 9.17) is 9.47 Å². The fraction of sp³-hybridized carbons (Fsp3) is 0.261. The second-order valence-corrected chi connectivity index (χ2v) is 7.41. The Bertz CT molecular complexity index is 1130. The molecule has 7 nitrogen and oxygen atoms in total. The van der Waals surface area contributed by atoms with Crippen LogP contribution in [0.15, 0.2) is 67.1 Å². The van der Waals surface area contributed by atoms with Crippen molar-refractivity contribution in [3.8, 4) is 16.9 Å². The summed E-state index contributed by atoms with van der Waals surface area (Å²) < 4.78 is 13.1. The van der Waals surface area contributed by atoms with Gasteiger partial charge in [0.2, 0.25) is 0 Å². The molecule has 152 valence electrons. The summed E-state index contributed by atoms with van der Waals surface area (Å²) in [4.78, 5) is 6.59. The Hall–Kier alpha value is -3.29. The standard InChI is InChI=1S/C23H23N5O2/c1-29-20-7-4-17(5-8-20)14-27-11-12-30-22(16-27)23-21-9-6-19(15-28(21)26-25-23)18-3-2-10-24-13-18/h2-10,13,15,22H,11-12,14,16H2,1H3. The van der Waals surface area contributed by atoms with Gasteiger partial charge in [0, 0.05) is 49.4 Å². The second-order valence-electron chi connectivity index (χ2n) is 7.41. The number of rotatable bonds is 5. The Balaban J connectivity index is 1.34. The summed E-state index contributed by atoms with van der Waals surface area (Å²) in [6, 6.07) is 16.3. The first-order chi connectivity index (χ1) is 14.8. The number of hydrogen-bond donors (Lipinski definition) is 0. The molecule has 7 heteroatoms. The van der Waals surface area contributed by atoms with Crippen LogP contribution in [-0.4, -0.2) is 51.5 Å². The fourth-order valence-electron chi connectivity index (χ4n) is 3.85. The topological polar surface area (TPSA) is 64.8 Å². The number of fused-ring (bicyclic) bond motifs is 1. The monoisotopic (exact) mass is 401 g/mol. The van der Waals surface area contributed by atoms with Crippen molar-refractivity contribution in [3.63, 3.8) is 0 Å². The van der Waals surface area contributed by atoms with E-state index in [2.05, 4.69) is 44.5 Å². The van der Waals surface area contributed by atoms with Gasteiger partial charge in [0.25, 0.3) is 0 Å². The van der Waals surface area contributed by atoms with Crippen molar-refractivity contribution < 1.29 is 9.47 Å². The number of ether oxygens (including phenoxy) is 2. The van der Waals surface area contributed by atoms with Crippen molar-refractivity contribution in [1.82, 2.24) is 24.7 Å². The van der Waals surface area contributed by atoms with Crippen molar-refractivity contribution in [2.24, 2.45) is 0 Å². The van der Waals surface area contributed by atoms with Crippen LogP contribution < -0.4 is 4.74 Å². The number of nitrogens with zero attached hydrogens (tertiary/aromatic N) is 5. The SMILES string of the molecule is COc1ccc(CN2CCOC(c3nnn4cc(-c5cccnc5)ccc34)C2)cc1. The van der Waals surface area contributed by atoms with Gasteiger partial charge in [-0.25, -0.2) is 4.52 Å². The summed E-state index contributed by atoms with van der Waals surface area (Å²) in [5.74, 6) is 0.875. The van der Waals surface area contributed by atoms with E-state index in [9.17, 15) is 0 Å². The van der Waals surface area contributed by atoms with Crippen LogP contribution in [0.2, 0.25) is 0 Å². The molecule has 1 unspecified atom stereocenters. The number of benzene rings is 1. The number of hydrogen-bond acceptors (Lipinski definition) is 6. The number of morpholine rings is 1. The molecule has 1 fully saturated rings. The Labute approximate surface area is 174 Å². The fourth-order valence-corrected chi connectivity index (χ4v) is 3.85. The van der Waals surface area contributed by atoms with Crippen LogP contribution in [0.1, 0.15) is 17.4 Å². The smallest absolute Gasteiger partial charge is 0.121 e. The molecule has 0 amide bonds. The third-order valence-electron chi connectivity index (χ3n) is 5.46. The van der Waals surface area contributed by atoms with Crippen molar-refractivity contribution in [3.05, 3.63) is 78.4 Å². The van der Waals surface area contributed by atoms with Crippen LogP contribution in [0.3, 0.4) is 0 Å². The molecule has 1 saturated heterocycles. The lowest BCUT2D eigenvalue weighted by Crippen LogP contribution is -2.38. The van der Waals surface area contributed by atoms with Crippen molar-refractivity contribution >= 4 is 5.52 Å². The number of methoxy groups -OCH3 is 1. The molecule has 0 spiro atoms. The Morgan fingerprint density at radius 2 is 2.00 bits per heavy atom. The Kier molecular flexibility index (Phi) is 5.13. The highest BCUT2D eigenvalue weighted by Crippen LogP contribution is 2.27. The lowest BCUT2D eigenvalue weighted by Gasteiger charge is -2.32. The average molecular weight is 401 g/mol. The highest BCUT2D eigenvalue weighted by Gasteiger charge is 2.26. The molecule has 3 aromatic heterocycles. The van der Waals surface area contributed by atoms with Gasteiger partial charge in [0.05, 0.1) is 19.2 Å². The summed E-state index contributed by atoms with van der Waals surface area (Å²) >= 11 is 0. The third kappa shape index (κ3) is 3.77. The van der Waals surface area contributed by atoms with E-state index in [0.717, 1.165) is 47.7 Å². The molecule has 1 aromatic carbocycles. The van der Waals surface area contributed by atoms with Crippen LogP contribution in [0.5, 0.6) is 5.75 Å². The lowest BCUT2D eigenvalue weighted by molar-refractivity contribution is -0.0343. The van der Waals surface area contributed by atoms with Crippen LogP contribution in [0.4, 0.5) is 0 Å². The second kappa shape index (κ2) is 8.22. The zero-order valence-electron chi connectivity index (χ0n) is 16.8. The summed E-state index contributed by atoms with van der Waals surface area (Å²) in [6.07, 6.45) is 5.51. The molecule has 1 aliphatic rings. The van der Waals surface area contributed by atoms with E-state index in [1.807, 2.05) is 41.2 Å². The van der Waals surface area contributed by atoms with Gasteiger partial charge in [-0.05, 0) is 29.8 Å². The predicted molar refractivity (Wildman–Crippen MR) is 113 cm³/mol. The number of pyridine rings is 2. The molecule has 1 aliphatic heterocycles. The molecule has 0 saturated carbocycles. The van der Waals surface area contributed by atoms with Gasteiger partial charge in [-0.15, -0.1) is 5.10 Å². The molecule has 30 heavy (non-hydrogen) atoms. The maximum Gasteiger partial charge on any atom is 0.121 e. The van der Waals surface area contributed by atoms with Crippen LogP contribution in [0, 0.1) is 0 Å². The van der Waals surface area contributed by atoms with Gasteiger partial charge in [-0.1, -0.05) is 29.5 Å². The highest BCUT2D eigenvalue weighted by atomic mass is 16.5. The summed E-state index contributed by atoms with van der Waals surface area (Å²) in [5.41, 5.74) is 5.21. The van der Waals surface area contributed by atoms with Crippen LogP contribution in [-0.2, 0) is 11.3 Å². The van der Waals surface area contributed by atoms with Gasteiger partial charge in [0.1, 0.15) is 17.5 Å². The van der Waals surface area contributed by atoms with Gasteiger partial charge < -0.3 is 9.47 Å². The molecule has 0 radical (unpaired) electrons. The minimum atomic E-state index is -0.0984. The normalized spacial score (nSPS) is 17.3. The van der Waals surface area contributed by atoms with Crippen molar-refractivity contribution in [2.75, 3.05) is 26.8 Å². The molecule has 5 rings (SSSR count). The maximum absolute atomic E-state index is 6.06. The predicted octanol–water partition coefficient (Wildman–Crippen LogP) is 3.37. The van der Waals surface area contributed by atoms with E-state index < -0.39 is 0 Å². The summed E-state index contributed by atoms with van der Waals surface area (Å²) in [6.45, 7) is 3.22. The molecular weight excluding hydrogens is 378 g/mol. The van der Waals surface area contributed by atoms with E-state index in [1.54, 1.807) is 13.3 Å². The van der Waals surface area contributed by atoms with E-state index >= 15 is 0 Å². The van der Waals surface area contributed by atoms with Gasteiger partial charge >= 0.3 is 0 Å². The maximum atomic E-state index is 6.06. The van der Waals surface area contributed by atoms with Crippen molar-refractivity contribution in [1.29, 1.82) is 0 Å². The molecular formula is C23H23N5O2. The van der Waals surface area contributed by atoms with Gasteiger partial charge in [-0.3, -0.25) is 9.88 Å². The minimum Gasteiger partial charge on any atom is -0.497 e. The molecule has 0 aliphatic carbocycles. The largest absolute Gasteiger partial charge is 0.497 e. The quantitative estimate of drug-likeness (QED) is 0.511. The van der Waals surface area contributed by atoms with E-state index in [0.29, 0.717) is 6.61 Å². The molecule has 0 N–H and O–H groups in total. The Morgan fingerprint density at radius 1 is 1.10 bits per heavy atom. The zero-order chi connectivity index (χ0) is 20.3. The first kappa shape index (κ1) is 18.7. The van der Waals surface area contributed by atoms with Crippen molar-refractivity contribution in [2.45, 2.75) is 12.6 Å². The molecule has 4 aromatic rings.